The van der Waals surface area contributed by atoms with E-state index in [4.69, 9.17) is 18.0 Å². The summed E-state index contributed by atoms with van der Waals surface area (Å²) in [7, 11) is 0. The van der Waals surface area contributed by atoms with Crippen LogP contribution in [0.25, 0.3) is 0 Å². The number of nitrogens with zero attached hydrogens (tertiary/aromatic N) is 1. The molecule has 2 N–H and O–H groups in total. The average Bonchev–Trinajstić information content (AvgIpc) is 3.21. The Morgan fingerprint density at radius 1 is 1.50 bits per heavy atom. The Balaban J connectivity index is 1.62. The van der Waals surface area contributed by atoms with E-state index in [0.717, 1.165) is 19.0 Å². The van der Waals surface area contributed by atoms with Crippen LogP contribution in [0.1, 0.15) is 37.7 Å². The minimum atomic E-state index is 0.421. The van der Waals surface area contributed by atoms with Gasteiger partial charge in [-0.15, -0.1) is 0 Å². The van der Waals surface area contributed by atoms with Crippen LogP contribution in [0.3, 0.4) is 0 Å². The predicted molar refractivity (Wildman–Crippen MR) is 80.8 cm³/mol. The number of nitrogens with two attached hydrogens (primary N) is 1. The van der Waals surface area contributed by atoms with Crippen molar-refractivity contribution < 1.29 is 0 Å². The molecule has 2 aliphatic carbocycles. The molecule has 1 aromatic rings. The minimum Gasteiger partial charge on any atom is -0.393 e. The number of thiocarbonyl (C=S) groups is 1. The van der Waals surface area contributed by atoms with Crippen molar-refractivity contribution in [3.05, 3.63) is 22.4 Å². The fourth-order valence-electron chi connectivity index (χ4n) is 2.74. The van der Waals surface area contributed by atoms with Gasteiger partial charge in [-0.05, 0) is 53.5 Å². The van der Waals surface area contributed by atoms with Crippen molar-refractivity contribution in [1.82, 2.24) is 4.90 Å². The maximum Gasteiger partial charge on any atom is 0.0733 e. The second kappa shape index (κ2) is 4.91. The van der Waals surface area contributed by atoms with Crippen molar-refractivity contribution in [3.63, 3.8) is 0 Å². The summed E-state index contributed by atoms with van der Waals surface area (Å²) in [4.78, 5) is 3.35. The normalized spacial score (nSPS) is 21.2. The summed E-state index contributed by atoms with van der Waals surface area (Å²) < 4.78 is 0. The van der Waals surface area contributed by atoms with Crippen molar-refractivity contribution in [1.29, 1.82) is 0 Å². The molecule has 0 unspecified atom stereocenters. The first kappa shape index (κ1) is 12.6. The number of thiophene rings is 1. The molecule has 1 aromatic heterocycles. The van der Waals surface area contributed by atoms with Gasteiger partial charge in [-0.1, -0.05) is 12.2 Å². The van der Waals surface area contributed by atoms with Crippen LogP contribution in [0.4, 0.5) is 0 Å². The topological polar surface area (TPSA) is 29.3 Å². The van der Waals surface area contributed by atoms with E-state index in [9.17, 15) is 0 Å². The maximum absolute atomic E-state index is 5.74. The molecule has 0 saturated heterocycles. The lowest BCUT2D eigenvalue weighted by molar-refractivity contribution is 0.205. The van der Waals surface area contributed by atoms with Crippen LogP contribution < -0.4 is 5.73 Å². The fraction of sp³-hybridized carbons (Fsp3) is 0.643. The highest BCUT2D eigenvalue weighted by atomic mass is 32.1. The van der Waals surface area contributed by atoms with Gasteiger partial charge in [0.25, 0.3) is 0 Å². The smallest absolute Gasteiger partial charge is 0.0733 e. The van der Waals surface area contributed by atoms with Gasteiger partial charge in [0, 0.05) is 25.6 Å². The molecular weight excluding hydrogens is 260 g/mol. The van der Waals surface area contributed by atoms with Crippen molar-refractivity contribution in [2.75, 3.05) is 6.54 Å². The SMILES string of the molecule is NC(=S)CC1(CN(Cc2ccsc2)C2CC2)CC1. The van der Waals surface area contributed by atoms with E-state index in [1.54, 1.807) is 11.3 Å². The molecular formula is C14H20N2S2. The van der Waals surface area contributed by atoms with Crippen molar-refractivity contribution >= 4 is 28.5 Å². The van der Waals surface area contributed by atoms with Crippen molar-refractivity contribution in [3.8, 4) is 0 Å². The van der Waals surface area contributed by atoms with Gasteiger partial charge in [0.15, 0.2) is 0 Å². The van der Waals surface area contributed by atoms with E-state index in [1.165, 1.54) is 37.8 Å². The first-order valence-corrected chi connectivity index (χ1v) is 8.05. The van der Waals surface area contributed by atoms with E-state index in [2.05, 4.69) is 21.7 Å². The van der Waals surface area contributed by atoms with Crippen LogP contribution in [0.15, 0.2) is 16.8 Å². The highest BCUT2D eigenvalue weighted by Gasteiger charge is 2.46. The third-order valence-electron chi connectivity index (χ3n) is 4.07. The standard InChI is InChI=1S/C14H20N2S2/c15-13(17)7-14(4-5-14)10-16(12-1-2-12)8-11-3-6-18-9-11/h3,6,9,12H,1-2,4-5,7-8,10H2,(H2,15,17). The van der Waals surface area contributed by atoms with E-state index in [0.29, 0.717) is 10.4 Å². The molecule has 18 heavy (non-hydrogen) atoms. The Labute approximate surface area is 118 Å². The van der Waals surface area contributed by atoms with Crippen LogP contribution >= 0.6 is 23.6 Å². The van der Waals surface area contributed by atoms with Gasteiger partial charge in [0.2, 0.25) is 0 Å². The molecule has 0 bridgehead atoms. The predicted octanol–water partition coefficient (Wildman–Crippen LogP) is 3.17. The molecule has 0 radical (unpaired) electrons. The monoisotopic (exact) mass is 280 g/mol. The zero-order valence-corrected chi connectivity index (χ0v) is 12.2. The molecule has 0 atom stereocenters. The second-order valence-electron chi connectivity index (χ2n) is 5.91. The Hall–Kier alpha value is -0.450. The molecule has 2 aliphatic rings. The molecule has 0 amide bonds. The summed E-state index contributed by atoms with van der Waals surface area (Å²) in [5, 5.41) is 4.44. The van der Waals surface area contributed by atoms with Gasteiger partial charge in [-0.25, -0.2) is 0 Å². The van der Waals surface area contributed by atoms with Crippen LogP contribution in [0, 0.1) is 5.41 Å². The van der Waals surface area contributed by atoms with E-state index in [-0.39, 0.29) is 0 Å². The number of rotatable bonds is 7. The molecule has 0 aliphatic heterocycles. The maximum atomic E-state index is 5.74. The summed E-state index contributed by atoms with van der Waals surface area (Å²) in [6, 6.07) is 3.06. The Kier molecular flexibility index (Phi) is 3.43. The molecule has 2 saturated carbocycles. The fourth-order valence-corrected chi connectivity index (χ4v) is 3.70. The molecule has 2 fully saturated rings. The quantitative estimate of drug-likeness (QED) is 0.778. The van der Waals surface area contributed by atoms with Crippen molar-refractivity contribution in [2.24, 2.45) is 11.1 Å². The highest BCUT2D eigenvalue weighted by Crippen LogP contribution is 2.50. The Morgan fingerprint density at radius 2 is 2.28 bits per heavy atom. The lowest BCUT2D eigenvalue weighted by atomic mass is 10.0. The lowest BCUT2D eigenvalue weighted by Gasteiger charge is -2.27. The van der Waals surface area contributed by atoms with Crippen LogP contribution in [-0.4, -0.2) is 22.5 Å². The van der Waals surface area contributed by atoms with Gasteiger partial charge in [0.1, 0.15) is 0 Å². The average molecular weight is 280 g/mol. The Morgan fingerprint density at radius 3 is 2.78 bits per heavy atom. The molecule has 98 valence electrons. The third kappa shape index (κ3) is 3.11. The zero-order valence-electron chi connectivity index (χ0n) is 10.6. The van der Waals surface area contributed by atoms with Gasteiger partial charge >= 0.3 is 0 Å². The number of hydrogen-bond acceptors (Lipinski definition) is 3. The number of hydrogen-bond donors (Lipinski definition) is 1. The second-order valence-corrected chi connectivity index (χ2v) is 7.22. The summed E-state index contributed by atoms with van der Waals surface area (Å²) >= 11 is 6.89. The first-order chi connectivity index (χ1) is 8.67. The highest BCUT2D eigenvalue weighted by molar-refractivity contribution is 7.80. The molecule has 4 heteroatoms. The molecule has 0 aromatic carbocycles. The van der Waals surface area contributed by atoms with Crippen molar-refractivity contribution in [2.45, 2.75) is 44.7 Å². The lowest BCUT2D eigenvalue weighted by Crippen LogP contribution is -2.33. The zero-order chi connectivity index (χ0) is 12.6. The van der Waals surface area contributed by atoms with Gasteiger partial charge in [-0.3, -0.25) is 4.90 Å². The van der Waals surface area contributed by atoms with Crippen LogP contribution in [-0.2, 0) is 6.54 Å². The summed E-state index contributed by atoms with van der Waals surface area (Å²) in [5.41, 5.74) is 7.61. The molecule has 2 nitrogen and oxygen atoms in total. The van der Waals surface area contributed by atoms with E-state index >= 15 is 0 Å². The summed E-state index contributed by atoms with van der Waals surface area (Å²) in [5.74, 6) is 0. The van der Waals surface area contributed by atoms with Gasteiger partial charge < -0.3 is 5.73 Å². The van der Waals surface area contributed by atoms with E-state index < -0.39 is 0 Å². The summed E-state index contributed by atoms with van der Waals surface area (Å²) in [6.07, 6.45) is 6.28. The van der Waals surface area contributed by atoms with Crippen LogP contribution in [0.2, 0.25) is 0 Å². The van der Waals surface area contributed by atoms with E-state index in [1.807, 2.05) is 0 Å². The molecule has 1 heterocycles. The first-order valence-electron chi connectivity index (χ1n) is 6.70. The molecule has 3 rings (SSSR count). The minimum absolute atomic E-state index is 0.421. The summed E-state index contributed by atoms with van der Waals surface area (Å²) in [6.45, 7) is 2.29. The Bertz CT molecular complexity index is 419. The van der Waals surface area contributed by atoms with Gasteiger partial charge in [-0.2, -0.15) is 11.3 Å². The third-order valence-corrected chi connectivity index (χ3v) is 4.95. The molecule has 0 spiro atoms. The largest absolute Gasteiger partial charge is 0.393 e. The van der Waals surface area contributed by atoms with Crippen LogP contribution in [0.5, 0.6) is 0 Å². The van der Waals surface area contributed by atoms with Gasteiger partial charge in [0.05, 0.1) is 4.99 Å².